The molecule has 1 rings (SSSR count). The van der Waals surface area contributed by atoms with Crippen molar-refractivity contribution in [3.8, 4) is 0 Å². The maximum absolute atomic E-state index is 5.82. The van der Waals surface area contributed by atoms with Crippen LogP contribution in [0.5, 0.6) is 0 Å². The fourth-order valence-corrected chi connectivity index (χ4v) is 2.06. The molecule has 0 spiro atoms. The molecule has 0 aliphatic heterocycles. The second-order valence-electron chi connectivity index (χ2n) is 3.35. The van der Waals surface area contributed by atoms with Crippen LogP contribution in [0.1, 0.15) is 6.42 Å². The van der Waals surface area contributed by atoms with Crippen molar-refractivity contribution in [1.29, 1.82) is 0 Å². The zero-order valence-electron chi connectivity index (χ0n) is 9.65. The van der Waals surface area contributed by atoms with Gasteiger partial charge in [0.1, 0.15) is 0 Å². The van der Waals surface area contributed by atoms with E-state index in [1.54, 1.807) is 18.9 Å². The molecule has 0 radical (unpaired) electrons. The molecule has 0 unspecified atom stereocenters. The summed E-state index contributed by atoms with van der Waals surface area (Å²) < 4.78 is 10.4. The van der Waals surface area contributed by atoms with Gasteiger partial charge in [-0.3, -0.25) is 0 Å². The Balaban J connectivity index is 2.05. The number of anilines is 1. The van der Waals surface area contributed by atoms with Gasteiger partial charge in [0.25, 0.3) is 0 Å². The molecule has 2 N–H and O–H groups in total. The average molecular weight is 241 g/mol. The molecule has 0 aliphatic rings. The van der Waals surface area contributed by atoms with E-state index >= 15 is 0 Å². The van der Waals surface area contributed by atoms with Crippen LogP contribution in [-0.4, -0.2) is 32.7 Å². The molecule has 0 bridgehead atoms. The molecule has 3 nitrogen and oxygen atoms in total. The summed E-state index contributed by atoms with van der Waals surface area (Å²) in [5, 5.41) is 0. The van der Waals surface area contributed by atoms with Crippen molar-refractivity contribution in [1.82, 2.24) is 0 Å². The second kappa shape index (κ2) is 8.44. The molecule has 0 aromatic heterocycles. The highest BCUT2D eigenvalue weighted by molar-refractivity contribution is 7.99. The quantitative estimate of drug-likeness (QED) is 0.431. The number of nitrogens with two attached hydrogens (primary N) is 1. The number of hydrogen-bond donors (Lipinski definition) is 1. The van der Waals surface area contributed by atoms with Crippen LogP contribution in [0.15, 0.2) is 29.2 Å². The van der Waals surface area contributed by atoms with Gasteiger partial charge in [-0.1, -0.05) is 12.1 Å². The van der Waals surface area contributed by atoms with Gasteiger partial charge in [-0.05, 0) is 18.6 Å². The minimum absolute atomic E-state index is 0.753. The van der Waals surface area contributed by atoms with Crippen LogP contribution in [0.4, 0.5) is 5.69 Å². The summed E-state index contributed by atoms with van der Waals surface area (Å²) in [6.07, 6.45) is 0.953. The number of rotatable bonds is 8. The number of nitrogen functional groups attached to an aromatic ring is 1. The molecule has 1 aromatic carbocycles. The summed E-state index contributed by atoms with van der Waals surface area (Å²) in [7, 11) is 1.70. The second-order valence-corrected chi connectivity index (χ2v) is 4.48. The lowest BCUT2D eigenvalue weighted by Crippen LogP contribution is -2.02. The molecule has 0 saturated heterocycles. The molecule has 0 fully saturated rings. The maximum Gasteiger partial charge on any atom is 0.0560 e. The largest absolute Gasteiger partial charge is 0.398 e. The Morgan fingerprint density at radius 1 is 1.19 bits per heavy atom. The van der Waals surface area contributed by atoms with Crippen molar-refractivity contribution in [3.63, 3.8) is 0 Å². The minimum atomic E-state index is 0.753. The van der Waals surface area contributed by atoms with Crippen molar-refractivity contribution in [2.24, 2.45) is 0 Å². The Hall–Kier alpha value is -0.710. The lowest BCUT2D eigenvalue weighted by Gasteiger charge is -2.05. The summed E-state index contributed by atoms with van der Waals surface area (Å²) in [6, 6.07) is 7.89. The molecule has 90 valence electrons. The highest BCUT2D eigenvalue weighted by Crippen LogP contribution is 2.23. The van der Waals surface area contributed by atoms with Gasteiger partial charge in [-0.25, -0.2) is 0 Å². The van der Waals surface area contributed by atoms with E-state index in [1.165, 1.54) is 0 Å². The van der Waals surface area contributed by atoms with Gasteiger partial charge < -0.3 is 15.2 Å². The van der Waals surface area contributed by atoms with Crippen molar-refractivity contribution in [2.75, 3.05) is 38.4 Å². The average Bonchev–Trinajstić information content (AvgIpc) is 2.30. The predicted octanol–water partition coefficient (Wildman–Crippen LogP) is 2.41. The maximum atomic E-state index is 5.82. The molecule has 4 heteroatoms. The molecular formula is C12H19NO2S. The lowest BCUT2D eigenvalue weighted by molar-refractivity contribution is 0.113. The topological polar surface area (TPSA) is 44.5 Å². The van der Waals surface area contributed by atoms with Gasteiger partial charge in [-0.2, -0.15) is 0 Å². The zero-order valence-corrected chi connectivity index (χ0v) is 10.5. The van der Waals surface area contributed by atoms with Gasteiger partial charge in [0.05, 0.1) is 6.61 Å². The Kier molecular flexibility index (Phi) is 7.05. The SMILES string of the molecule is COCCCOCCSc1ccccc1N. The van der Waals surface area contributed by atoms with E-state index in [0.717, 1.165) is 42.6 Å². The summed E-state index contributed by atoms with van der Waals surface area (Å²) in [5.74, 6) is 0.932. The number of para-hydroxylation sites is 1. The van der Waals surface area contributed by atoms with Crippen LogP contribution < -0.4 is 5.73 Å². The van der Waals surface area contributed by atoms with E-state index in [4.69, 9.17) is 15.2 Å². The van der Waals surface area contributed by atoms with Crippen molar-refractivity contribution in [2.45, 2.75) is 11.3 Å². The van der Waals surface area contributed by atoms with Gasteiger partial charge in [0.2, 0.25) is 0 Å². The number of thioether (sulfide) groups is 1. The fraction of sp³-hybridized carbons (Fsp3) is 0.500. The van der Waals surface area contributed by atoms with Crippen molar-refractivity contribution >= 4 is 17.4 Å². The van der Waals surface area contributed by atoms with Crippen LogP contribution >= 0.6 is 11.8 Å². The number of hydrogen-bond acceptors (Lipinski definition) is 4. The van der Waals surface area contributed by atoms with E-state index in [2.05, 4.69) is 0 Å². The first-order chi connectivity index (χ1) is 7.84. The first-order valence-electron chi connectivity index (χ1n) is 5.38. The molecule has 0 heterocycles. The Morgan fingerprint density at radius 2 is 2.00 bits per heavy atom. The van der Waals surface area contributed by atoms with E-state index in [-0.39, 0.29) is 0 Å². The van der Waals surface area contributed by atoms with Crippen LogP contribution in [0.25, 0.3) is 0 Å². The minimum Gasteiger partial charge on any atom is -0.398 e. The third-order valence-corrected chi connectivity index (χ3v) is 3.09. The molecule has 0 amide bonds. The predicted molar refractivity (Wildman–Crippen MR) is 68.9 cm³/mol. The third kappa shape index (κ3) is 5.39. The summed E-state index contributed by atoms with van der Waals surface area (Å²) in [5.41, 5.74) is 6.66. The number of benzene rings is 1. The number of ether oxygens (including phenoxy) is 2. The van der Waals surface area contributed by atoms with Crippen molar-refractivity contribution in [3.05, 3.63) is 24.3 Å². The Labute approximate surface area is 101 Å². The molecule has 1 aromatic rings. The Bertz CT molecular complexity index is 294. The highest BCUT2D eigenvalue weighted by atomic mass is 32.2. The van der Waals surface area contributed by atoms with Crippen LogP contribution in [-0.2, 0) is 9.47 Å². The van der Waals surface area contributed by atoms with Gasteiger partial charge in [0.15, 0.2) is 0 Å². The monoisotopic (exact) mass is 241 g/mol. The van der Waals surface area contributed by atoms with E-state index in [0.29, 0.717) is 0 Å². The van der Waals surface area contributed by atoms with E-state index < -0.39 is 0 Å². The molecule has 16 heavy (non-hydrogen) atoms. The van der Waals surface area contributed by atoms with Gasteiger partial charge in [-0.15, -0.1) is 11.8 Å². The summed E-state index contributed by atoms with van der Waals surface area (Å²) >= 11 is 1.73. The third-order valence-electron chi connectivity index (χ3n) is 2.04. The molecule has 0 aliphatic carbocycles. The lowest BCUT2D eigenvalue weighted by atomic mass is 10.3. The highest BCUT2D eigenvalue weighted by Gasteiger charge is 1.97. The zero-order chi connectivity index (χ0) is 11.6. The van der Waals surface area contributed by atoms with Gasteiger partial charge >= 0.3 is 0 Å². The first-order valence-corrected chi connectivity index (χ1v) is 6.37. The molecular weight excluding hydrogens is 222 g/mol. The number of methoxy groups -OCH3 is 1. The summed E-state index contributed by atoms with van der Waals surface area (Å²) in [4.78, 5) is 1.13. The van der Waals surface area contributed by atoms with Gasteiger partial charge in [0, 0.05) is 36.7 Å². The van der Waals surface area contributed by atoms with E-state index in [9.17, 15) is 0 Å². The first kappa shape index (κ1) is 13.4. The standard InChI is InChI=1S/C12H19NO2S/c1-14-7-4-8-15-9-10-16-12-6-3-2-5-11(12)13/h2-3,5-6H,4,7-10,13H2,1H3. The van der Waals surface area contributed by atoms with Crippen LogP contribution in [0.2, 0.25) is 0 Å². The van der Waals surface area contributed by atoms with Crippen molar-refractivity contribution < 1.29 is 9.47 Å². The smallest absolute Gasteiger partial charge is 0.0560 e. The van der Waals surface area contributed by atoms with Crippen LogP contribution in [0.3, 0.4) is 0 Å². The summed E-state index contributed by atoms with van der Waals surface area (Å²) in [6.45, 7) is 2.28. The fourth-order valence-electron chi connectivity index (χ4n) is 1.23. The molecule has 0 atom stereocenters. The normalized spacial score (nSPS) is 10.6. The van der Waals surface area contributed by atoms with Crippen LogP contribution in [0, 0.1) is 0 Å². The Morgan fingerprint density at radius 3 is 2.75 bits per heavy atom. The van der Waals surface area contributed by atoms with E-state index in [1.807, 2.05) is 24.3 Å². The molecule has 0 saturated carbocycles.